The molecule has 0 aromatic heterocycles. The Labute approximate surface area is 186 Å². The van der Waals surface area contributed by atoms with Crippen LogP contribution in [-0.4, -0.2) is 52.4 Å². The van der Waals surface area contributed by atoms with Gasteiger partial charge in [0.05, 0.1) is 0 Å². The van der Waals surface area contributed by atoms with Crippen molar-refractivity contribution in [3.8, 4) is 0 Å². The molecular weight excluding hydrogens is 368 g/mol. The van der Waals surface area contributed by atoms with Crippen molar-refractivity contribution in [3.63, 3.8) is 0 Å². The first-order valence-electron chi connectivity index (χ1n) is 13.6. The molecule has 5 rings (SSSR count). The van der Waals surface area contributed by atoms with E-state index in [1.54, 1.807) is 38.5 Å². The fraction of sp³-hybridized carbons (Fsp3) is 1.00. The van der Waals surface area contributed by atoms with E-state index in [4.69, 9.17) is 0 Å². The van der Waals surface area contributed by atoms with Crippen LogP contribution in [0.4, 0.5) is 0 Å². The second-order valence-electron chi connectivity index (χ2n) is 11.5. The van der Waals surface area contributed by atoms with Crippen LogP contribution in [0, 0.1) is 35.0 Å². The predicted octanol–water partition coefficient (Wildman–Crippen LogP) is 3.78. The minimum absolute atomic E-state index is 0.703. The average molecular weight is 419 g/mol. The van der Waals surface area contributed by atoms with Gasteiger partial charge in [0.25, 0.3) is 0 Å². The Balaban J connectivity index is 0.927. The summed E-state index contributed by atoms with van der Waals surface area (Å²) in [6.45, 7) is 11.9. The molecule has 0 amide bonds. The molecule has 0 heterocycles. The number of rotatable bonds is 17. The van der Waals surface area contributed by atoms with Crippen molar-refractivity contribution in [2.75, 3.05) is 52.4 Å². The van der Waals surface area contributed by atoms with Crippen LogP contribution in [0.15, 0.2) is 0 Å². The molecule has 2 atom stereocenters. The van der Waals surface area contributed by atoms with Gasteiger partial charge in [-0.1, -0.05) is 6.92 Å². The van der Waals surface area contributed by atoms with E-state index in [-0.39, 0.29) is 0 Å². The zero-order chi connectivity index (χ0) is 20.7. The standard InChI is InChI=1S/C26H50N4/c1-2-27-7-3-4-8-28-18-24-14-25(24)19-29-9-5-6-10-30-20-26-15-21-11-22(16-26)13-23(12-21)17-26/h21-25,27-30H,2-20H2,1H3/t21?,22?,23?,24-,25+,26?/m0/s1. The summed E-state index contributed by atoms with van der Waals surface area (Å²) in [5, 5.41) is 14.7. The molecule has 0 radical (unpaired) electrons. The van der Waals surface area contributed by atoms with Crippen LogP contribution in [0.2, 0.25) is 0 Å². The van der Waals surface area contributed by atoms with Gasteiger partial charge in [-0.05, 0) is 151 Å². The third kappa shape index (κ3) is 6.92. The van der Waals surface area contributed by atoms with E-state index in [9.17, 15) is 0 Å². The van der Waals surface area contributed by atoms with E-state index in [1.807, 2.05) is 0 Å². The van der Waals surface area contributed by atoms with Gasteiger partial charge in [0, 0.05) is 6.54 Å². The zero-order valence-corrected chi connectivity index (χ0v) is 19.8. The minimum Gasteiger partial charge on any atom is -0.317 e. The zero-order valence-electron chi connectivity index (χ0n) is 19.8. The highest BCUT2D eigenvalue weighted by molar-refractivity contribution is 5.02. The average Bonchev–Trinajstić information content (AvgIpc) is 3.46. The first kappa shape index (κ1) is 23.0. The van der Waals surface area contributed by atoms with Gasteiger partial charge in [-0.25, -0.2) is 0 Å². The molecule has 0 aliphatic heterocycles. The number of unbranched alkanes of at least 4 members (excludes halogenated alkanes) is 2. The molecule has 4 bridgehead atoms. The fourth-order valence-corrected chi connectivity index (χ4v) is 7.42. The maximum absolute atomic E-state index is 3.87. The Morgan fingerprint density at radius 1 is 0.600 bits per heavy atom. The largest absolute Gasteiger partial charge is 0.317 e. The van der Waals surface area contributed by atoms with Crippen LogP contribution >= 0.6 is 0 Å². The van der Waals surface area contributed by atoms with Gasteiger partial charge in [0.1, 0.15) is 0 Å². The Kier molecular flexibility index (Phi) is 8.92. The maximum Gasteiger partial charge on any atom is 0.000811 e. The van der Waals surface area contributed by atoms with Crippen LogP contribution < -0.4 is 21.3 Å². The molecule has 30 heavy (non-hydrogen) atoms. The first-order valence-corrected chi connectivity index (χ1v) is 13.6. The predicted molar refractivity (Wildman–Crippen MR) is 128 cm³/mol. The van der Waals surface area contributed by atoms with Crippen LogP contribution in [0.5, 0.6) is 0 Å². The molecule has 5 saturated carbocycles. The van der Waals surface area contributed by atoms with Crippen molar-refractivity contribution in [2.45, 2.75) is 77.6 Å². The summed E-state index contributed by atoms with van der Waals surface area (Å²) in [6, 6.07) is 0. The van der Waals surface area contributed by atoms with Crippen molar-refractivity contribution in [3.05, 3.63) is 0 Å². The van der Waals surface area contributed by atoms with Crippen LogP contribution in [0.25, 0.3) is 0 Å². The summed E-state index contributed by atoms with van der Waals surface area (Å²) in [5.74, 6) is 5.15. The molecule has 0 aromatic carbocycles. The van der Waals surface area contributed by atoms with Crippen molar-refractivity contribution < 1.29 is 0 Å². The topological polar surface area (TPSA) is 48.1 Å². The third-order valence-corrected chi connectivity index (χ3v) is 8.71. The van der Waals surface area contributed by atoms with Gasteiger partial charge < -0.3 is 21.3 Å². The highest BCUT2D eigenvalue weighted by atomic mass is 14.9. The fourth-order valence-electron chi connectivity index (χ4n) is 7.42. The van der Waals surface area contributed by atoms with E-state index in [0.29, 0.717) is 5.41 Å². The lowest BCUT2D eigenvalue weighted by Gasteiger charge is -2.57. The van der Waals surface area contributed by atoms with Gasteiger partial charge in [-0.15, -0.1) is 0 Å². The molecule has 5 fully saturated rings. The highest BCUT2D eigenvalue weighted by Crippen LogP contribution is 2.59. The summed E-state index contributed by atoms with van der Waals surface area (Å²) in [6.07, 6.45) is 16.0. The Bertz CT molecular complexity index is 458. The summed E-state index contributed by atoms with van der Waals surface area (Å²) in [4.78, 5) is 0. The Morgan fingerprint density at radius 2 is 1.07 bits per heavy atom. The number of nitrogens with one attached hydrogen (secondary N) is 4. The van der Waals surface area contributed by atoms with Crippen molar-refractivity contribution in [1.82, 2.24) is 21.3 Å². The third-order valence-electron chi connectivity index (χ3n) is 8.71. The van der Waals surface area contributed by atoms with E-state index in [2.05, 4.69) is 28.2 Å². The quantitative estimate of drug-likeness (QED) is 0.272. The molecule has 5 aliphatic rings. The Morgan fingerprint density at radius 3 is 1.57 bits per heavy atom. The van der Waals surface area contributed by atoms with Crippen molar-refractivity contribution in [2.24, 2.45) is 35.0 Å². The van der Waals surface area contributed by atoms with Gasteiger partial charge >= 0.3 is 0 Å². The van der Waals surface area contributed by atoms with E-state index in [1.165, 1.54) is 77.9 Å². The van der Waals surface area contributed by atoms with Gasteiger partial charge in [0.2, 0.25) is 0 Å². The van der Waals surface area contributed by atoms with E-state index >= 15 is 0 Å². The molecule has 4 nitrogen and oxygen atoms in total. The van der Waals surface area contributed by atoms with E-state index < -0.39 is 0 Å². The Hall–Kier alpha value is -0.160. The van der Waals surface area contributed by atoms with E-state index in [0.717, 1.165) is 36.1 Å². The lowest BCUT2D eigenvalue weighted by atomic mass is 9.49. The highest BCUT2D eigenvalue weighted by Gasteiger charge is 2.50. The molecular formula is C26H50N4. The summed E-state index contributed by atoms with van der Waals surface area (Å²) < 4.78 is 0. The number of hydrogen-bond donors (Lipinski definition) is 4. The summed E-state index contributed by atoms with van der Waals surface area (Å²) in [7, 11) is 0. The second-order valence-corrected chi connectivity index (χ2v) is 11.5. The normalized spacial score (nSPS) is 36.5. The second kappa shape index (κ2) is 11.6. The van der Waals surface area contributed by atoms with Crippen LogP contribution in [-0.2, 0) is 0 Å². The van der Waals surface area contributed by atoms with Crippen LogP contribution in [0.3, 0.4) is 0 Å². The number of hydrogen-bond acceptors (Lipinski definition) is 4. The first-order chi connectivity index (χ1) is 14.8. The summed E-state index contributed by atoms with van der Waals surface area (Å²) in [5.41, 5.74) is 0.703. The molecule has 4 N–H and O–H groups in total. The smallest absolute Gasteiger partial charge is 0.000811 e. The van der Waals surface area contributed by atoms with Crippen LogP contribution in [0.1, 0.15) is 77.6 Å². The lowest BCUT2D eigenvalue weighted by molar-refractivity contribution is -0.0512. The maximum atomic E-state index is 3.87. The minimum atomic E-state index is 0.703. The van der Waals surface area contributed by atoms with Gasteiger partial charge in [-0.2, -0.15) is 0 Å². The molecule has 0 spiro atoms. The molecule has 5 aliphatic carbocycles. The van der Waals surface area contributed by atoms with Crippen molar-refractivity contribution >= 4 is 0 Å². The SMILES string of the molecule is CCNCCCCNC[C@@H]1C[C@@H]1CNCCCCNCC12CC3CC(CC(C3)C1)C2. The monoisotopic (exact) mass is 418 g/mol. The lowest BCUT2D eigenvalue weighted by Crippen LogP contribution is -2.50. The summed E-state index contributed by atoms with van der Waals surface area (Å²) >= 11 is 0. The van der Waals surface area contributed by atoms with Gasteiger partial charge in [0.15, 0.2) is 0 Å². The molecule has 0 aromatic rings. The molecule has 0 saturated heterocycles. The molecule has 174 valence electrons. The van der Waals surface area contributed by atoms with Gasteiger partial charge in [-0.3, -0.25) is 0 Å². The van der Waals surface area contributed by atoms with Crippen molar-refractivity contribution in [1.29, 1.82) is 0 Å². The molecule has 4 heteroatoms. The molecule has 0 unspecified atom stereocenters.